The van der Waals surface area contributed by atoms with Crippen LogP contribution in [0.15, 0.2) is 36.4 Å². The average molecular weight is 374 g/mol. The number of halogens is 1. The molecular formula is C17H16ClN5O3. The summed E-state index contributed by atoms with van der Waals surface area (Å²) in [7, 11) is 1.44. The fourth-order valence-electron chi connectivity index (χ4n) is 2.53. The molecule has 8 nitrogen and oxygen atoms in total. The summed E-state index contributed by atoms with van der Waals surface area (Å²) < 4.78 is 5.24. The van der Waals surface area contributed by atoms with Gasteiger partial charge >= 0.3 is 0 Å². The van der Waals surface area contributed by atoms with Crippen LogP contribution in [-0.4, -0.2) is 40.4 Å². The molecule has 1 unspecified atom stereocenters. The van der Waals surface area contributed by atoms with Gasteiger partial charge in [-0.15, -0.1) is 0 Å². The molecule has 1 atom stereocenters. The Morgan fingerprint density at radius 2 is 1.88 bits per heavy atom. The van der Waals surface area contributed by atoms with Crippen LogP contribution in [0.2, 0.25) is 5.02 Å². The van der Waals surface area contributed by atoms with E-state index in [4.69, 9.17) is 22.1 Å². The maximum Gasteiger partial charge on any atom is 0.255 e. The van der Waals surface area contributed by atoms with Gasteiger partial charge in [0.25, 0.3) is 5.91 Å². The minimum Gasteiger partial charge on any atom is -0.496 e. The fraction of sp³-hybridized carbons (Fsp3) is 0.176. The number of hydrogen-bond acceptors (Lipinski definition) is 5. The first-order valence-electron chi connectivity index (χ1n) is 7.71. The van der Waals surface area contributed by atoms with E-state index in [-0.39, 0.29) is 12.0 Å². The average Bonchev–Trinajstić information content (AvgIpc) is 3.09. The van der Waals surface area contributed by atoms with E-state index >= 15 is 0 Å². The van der Waals surface area contributed by atoms with Crippen molar-refractivity contribution in [2.75, 3.05) is 7.11 Å². The largest absolute Gasteiger partial charge is 0.496 e. The molecule has 3 aromatic rings. The highest BCUT2D eigenvalue weighted by atomic mass is 35.5. The first-order chi connectivity index (χ1) is 12.5. The molecule has 0 spiro atoms. The number of aromatic amines is 1. The molecule has 0 fully saturated rings. The van der Waals surface area contributed by atoms with Crippen LogP contribution in [-0.2, 0) is 11.2 Å². The van der Waals surface area contributed by atoms with E-state index in [1.54, 1.807) is 30.3 Å². The standard InChI is InChI=1S/C17H16ClN5O3/c1-26-15-8-13-12(21-23-22-13)7-11(15)17(25)20-14(16(19)24)6-9-2-4-10(18)5-3-9/h2-5,7-8,14H,6H2,1H3,(H2,19,24)(H,20,25)(H,21,22,23). The maximum absolute atomic E-state index is 12.7. The van der Waals surface area contributed by atoms with Crippen molar-refractivity contribution in [2.24, 2.45) is 5.73 Å². The SMILES string of the molecule is COc1cc2n[nH]nc2cc1C(=O)NC(Cc1ccc(Cl)cc1)C(N)=O. The van der Waals surface area contributed by atoms with Crippen LogP contribution in [0.5, 0.6) is 5.75 Å². The number of nitrogens with two attached hydrogens (primary N) is 1. The summed E-state index contributed by atoms with van der Waals surface area (Å²) in [6.45, 7) is 0. The number of primary amides is 1. The Morgan fingerprint density at radius 3 is 2.50 bits per heavy atom. The molecule has 0 aliphatic heterocycles. The van der Waals surface area contributed by atoms with Crippen LogP contribution < -0.4 is 15.8 Å². The Morgan fingerprint density at radius 1 is 1.23 bits per heavy atom. The lowest BCUT2D eigenvalue weighted by atomic mass is 10.0. The molecule has 26 heavy (non-hydrogen) atoms. The number of rotatable bonds is 6. The number of ether oxygens (including phenoxy) is 1. The van der Waals surface area contributed by atoms with Crippen molar-refractivity contribution in [1.29, 1.82) is 0 Å². The summed E-state index contributed by atoms with van der Waals surface area (Å²) >= 11 is 5.86. The van der Waals surface area contributed by atoms with Gasteiger partial charge in [-0.05, 0) is 23.8 Å². The summed E-state index contributed by atoms with van der Waals surface area (Å²) in [6.07, 6.45) is 0.243. The quantitative estimate of drug-likeness (QED) is 0.603. The van der Waals surface area contributed by atoms with E-state index in [0.717, 1.165) is 5.56 Å². The van der Waals surface area contributed by atoms with Crippen LogP contribution in [0.25, 0.3) is 11.0 Å². The van der Waals surface area contributed by atoms with Crippen LogP contribution in [0.1, 0.15) is 15.9 Å². The van der Waals surface area contributed by atoms with E-state index in [1.165, 1.54) is 13.2 Å². The third-order valence-electron chi connectivity index (χ3n) is 3.88. The minimum atomic E-state index is -0.888. The van der Waals surface area contributed by atoms with Crippen LogP contribution >= 0.6 is 11.6 Å². The molecule has 3 rings (SSSR count). The predicted octanol–water partition coefficient (Wildman–Crippen LogP) is 1.45. The van der Waals surface area contributed by atoms with Gasteiger partial charge in [-0.3, -0.25) is 9.59 Å². The van der Waals surface area contributed by atoms with Crippen molar-refractivity contribution in [3.8, 4) is 5.75 Å². The second-order valence-corrected chi connectivity index (χ2v) is 6.06. The number of H-pyrrole nitrogens is 1. The number of aromatic nitrogens is 3. The molecule has 1 aromatic heterocycles. The monoisotopic (exact) mass is 373 g/mol. The van der Waals surface area contributed by atoms with E-state index in [0.29, 0.717) is 21.8 Å². The second-order valence-electron chi connectivity index (χ2n) is 5.62. The van der Waals surface area contributed by atoms with E-state index in [2.05, 4.69) is 20.7 Å². The van der Waals surface area contributed by atoms with Gasteiger partial charge in [-0.25, -0.2) is 0 Å². The second kappa shape index (κ2) is 7.40. The number of nitrogens with zero attached hydrogens (tertiary/aromatic N) is 2. The topological polar surface area (TPSA) is 123 Å². The zero-order valence-electron chi connectivity index (χ0n) is 13.8. The van der Waals surface area contributed by atoms with Gasteiger partial charge < -0.3 is 15.8 Å². The van der Waals surface area contributed by atoms with Gasteiger partial charge in [0.1, 0.15) is 22.8 Å². The first kappa shape index (κ1) is 17.7. The van der Waals surface area contributed by atoms with Crippen molar-refractivity contribution in [2.45, 2.75) is 12.5 Å². The number of nitrogens with one attached hydrogen (secondary N) is 2. The Bertz CT molecular complexity index is 955. The number of amides is 2. The number of carbonyl (C=O) groups is 2. The maximum atomic E-state index is 12.7. The number of benzene rings is 2. The van der Waals surface area contributed by atoms with Gasteiger partial charge in [0.2, 0.25) is 5.91 Å². The zero-order valence-corrected chi connectivity index (χ0v) is 14.6. The van der Waals surface area contributed by atoms with Crippen molar-refractivity contribution in [3.05, 3.63) is 52.5 Å². The predicted molar refractivity (Wildman–Crippen MR) is 96.0 cm³/mol. The summed E-state index contributed by atoms with van der Waals surface area (Å²) in [5, 5.41) is 13.6. The van der Waals surface area contributed by atoms with Crippen molar-refractivity contribution in [1.82, 2.24) is 20.7 Å². The molecular weight excluding hydrogens is 358 g/mol. The third-order valence-corrected chi connectivity index (χ3v) is 4.14. The summed E-state index contributed by atoms with van der Waals surface area (Å²) in [5.41, 5.74) is 7.56. The van der Waals surface area contributed by atoms with E-state index in [1.807, 2.05) is 0 Å². The van der Waals surface area contributed by atoms with Crippen molar-refractivity contribution < 1.29 is 14.3 Å². The number of methoxy groups -OCH3 is 1. The van der Waals surface area contributed by atoms with Gasteiger partial charge in [-0.1, -0.05) is 23.7 Å². The highest BCUT2D eigenvalue weighted by molar-refractivity contribution is 6.30. The Labute approximate surface area is 153 Å². The summed E-state index contributed by atoms with van der Waals surface area (Å²) in [4.78, 5) is 24.5. The molecule has 134 valence electrons. The number of carbonyl (C=O) groups excluding carboxylic acids is 2. The number of hydrogen-bond donors (Lipinski definition) is 3. The number of fused-ring (bicyclic) bond motifs is 1. The molecule has 4 N–H and O–H groups in total. The fourth-order valence-corrected chi connectivity index (χ4v) is 2.66. The summed E-state index contributed by atoms with van der Waals surface area (Å²) in [5.74, 6) is -0.821. The summed E-state index contributed by atoms with van der Waals surface area (Å²) in [6, 6.07) is 9.19. The van der Waals surface area contributed by atoms with Crippen LogP contribution in [0, 0.1) is 0 Å². The lowest BCUT2D eigenvalue weighted by Gasteiger charge is -2.17. The molecule has 2 amide bonds. The molecule has 9 heteroatoms. The van der Waals surface area contributed by atoms with Gasteiger partial charge in [0.05, 0.1) is 12.7 Å². The normalized spacial score (nSPS) is 11.9. The van der Waals surface area contributed by atoms with Crippen molar-refractivity contribution >= 4 is 34.4 Å². The molecule has 0 bridgehead atoms. The first-order valence-corrected chi connectivity index (χ1v) is 8.09. The van der Waals surface area contributed by atoms with Gasteiger partial charge in [0, 0.05) is 17.5 Å². The zero-order chi connectivity index (χ0) is 18.7. The van der Waals surface area contributed by atoms with Gasteiger partial charge in [0.15, 0.2) is 0 Å². The molecule has 0 aliphatic carbocycles. The molecule has 2 aromatic carbocycles. The molecule has 0 saturated heterocycles. The van der Waals surface area contributed by atoms with Crippen LogP contribution in [0.3, 0.4) is 0 Å². The molecule has 0 saturated carbocycles. The minimum absolute atomic E-state index is 0.233. The van der Waals surface area contributed by atoms with Crippen molar-refractivity contribution in [3.63, 3.8) is 0 Å². The highest BCUT2D eigenvalue weighted by Crippen LogP contribution is 2.23. The van der Waals surface area contributed by atoms with Gasteiger partial charge in [-0.2, -0.15) is 15.4 Å². The van der Waals surface area contributed by atoms with E-state index < -0.39 is 17.9 Å². The molecule has 0 aliphatic rings. The lowest BCUT2D eigenvalue weighted by molar-refractivity contribution is -0.119. The smallest absolute Gasteiger partial charge is 0.255 e. The third kappa shape index (κ3) is 3.75. The van der Waals surface area contributed by atoms with E-state index in [9.17, 15) is 9.59 Å². The molecule has 0 radical (unpaired) electrons. The highest BCUT2D eigenvalue weighted by Gasteiger charge is 2.22. The Hall–Kier alpha value is -3.13. The Kier molecular flexibility index (Phi) is 5.04. The lowest BCUT2D eigenvalue weighted by Crippen LogP contribution is -2.45. The van der Waals surface area contributed by atoms with Crippen LogP contribution in [0.4, 0.5) is 0 Å². The molecule has 1 heterocycles. The Balaban J connectivity index is 1.83.